The van der Waals surface area contributed by atoms with Crippen molar-refractivity contribution in [2.45, 2.75) is 58.4 Å². The molecule has 3 heterocycles. The van der Waals surface area contributed by atoms with Gasteiger partial charge in [0, 0.05) is 55.6 Å². The van der Waals surface area contributed by atoms with Crippen LogP contribution >= 0.6 is 35.3 Å². The fourth-order valence-electron chi connectivity index (χ4n) is 3.40. The SMILES string of the molecule is CN=C(NCCc1nc(C(C)(C)C)cs1)NC1CCN(c2cccc(C)n2)CC1.I. The molecule has 3 rings (SSSR count). The van der Waals surface area contributed by atoms with Gasteiger partial charge in [-0.1, -0.05) is 26.8 Å². The molecule has 0 unspecified atom stereocenters. The van der Waals surface area contributed by atoms with E-state index in [1.54, 1.807) is 11.3 Å². The van der Waals surface area contributed by atoms with Crippen LogP contribution in [0, 0.1) is 6.92 Å². The highest BCUT2D eigenvalue weighted by atomic mass is 127. The highest BCUT2D eigenvalue weighted by molar-refractivity contribution is 14.0. The average molecular weight is 543 g/mol. The molecular weight excluding hydrogens is 507 g/mol. The summed E-state index contributed by atoms with van der Waals surface area (Å²) in [5.74, 6) is 1.97. The predicted octanol–water partition coefficient (Wildman–Crippen LogP) is 4.14. The second kappa shape index (κ2) is 11.3. The average Bonchev–Trinajstić information content (AvgIpc) is 3.17. The number of aromatic nitrogens is 2. The zero-order valence-corrected chi connectivity index (χ0v) is 21.9. The fourth-order valence-corrected chi connectivity index (χ4v) is 4.43. The minimum absolute atomic E-state index is 0. The van der Waals surface area contributed by atoms with Gasteiger partial charge < -0.3 is 15.5 Å². The number of thiazole rings is 1. The Morgan fingerprint density at radius 1 is 1.23 bits per heavy atom. The van der Waals surface area contributed by atoms with Gasteiger partial charge in [-0.2, -0.15) is 0 Å². The van der Waals surface area contributed by atoms with Crippen LogP contribution in [0.4, 0.5) is 5.82 Å². The van der Waals surface area contributed by atoms with Crippen molar-refractivity contribution in [1.82, 2.24) is 20.6 Å². The Labute approximate surface area is 202 Å². The third-order valence-electron chi connectivity index (χ3n) is 5.21. The minimum atomic E-state index is 0. The predicted molar refractivity (Wildman–Crippen MR) is 139 cm³/mol. The molecule has 8 heteroatoms. The number of pyridine rings is 1. The van der Waals surface area contributed by atoms with E-state index in [-0.39, 0.29) is 29.4 Å². The van der Waals surface area contributed by atoms with E-state index in [1.165, 1.54) is 10.7 Å². The summed E-state index contributed by atoms with van der Waals surface area (Å²) in [4.78, 5) is 16.2. The zero-order chi connectivity index (χ0) is 20.9. The van der Waals surface area contributed by atoms with Gasteiger partial charge in [-0.3, -0.25) is 4.99 Å². The van der Waals surface area contributed by atoms with Gasteiger partial charge in [0.15, 0.2) is 5.96 Å². The molecule has 2 aromatic rings. The number of hydrogen-bond donors (Lipinski definition) is 2. The van der Waals surface area contributed by atoms with Crippen LogP contribution in [-0.4, -0.2) is 48.7 Å². The van der Waals surface area contributed by atoms with E-state index in [1.807, 2.05) is 20.0 Å². The molecule has 0 bridgehead atoms. The summed E-state index contributed by atoms with van der Waals surface area (Å²) >= 11 is 1.75. The van der Waals surface area contributed by atoms with E-state index in [0.29, 0.717) is 6.04 Å². The summed E-state index contributed by atoms with van der Waals surface area (Å²) in [6, 6.07) is 6.67. The van der Waals surface area contributed by atoms with Crippen molar-refractivity contribution in [1.29, 1.82) is 0 Å². The number of halogens is 1. The number of anilines is 1. The molecule has 1 aliphatic heterocycles. The standard InChI is InChI=1S/C22H34N6S.HI/c1-16-7-6-8-19(25-16)28-13-10-17(11-14-28)26-21(23-5)24-12-9-20-27-18(15-29-20)22(2,3)4;/h6-8,15,17H,9-14H2,1-5H3,(H2,23,24,26);1H. The van der Waals surface area contributed by atoms with Crippen LogP contribution in [0.1, 0.15) is 50.0 Å². The fraction of sp³-hybridized carbons (Fsp3) is 0.591. The summed E-state index contributed by atoms with van der Waals surface area (Å²) in [5.41, 5.74) is 2.36. The molecule has 1 fully saturated rings. The number of nitrogens with zero attached hydrogens (tertiary/aromatic N) is 4. The van der Waals surface area contributed by atoms with Gasteiger partial charge in [-0.05, 0) is 31.9 Å². The third-order valence-corrected chi connectivity index (χ3v) is 6.12. The number of aryl methyl sites for hydroxylation is 1. The Kier molecular flexibility index (Phi) is 9.33. The van der Waals surface area contributed by atoms with Crippen LogP contribution in [0.5, 0.6) is 0 Å². The Hall–Kier alpha value is -1.42. The molecule has 0 atom stereocenters. The molecule has 1 saturated heterocycles. The van der Waals surface area contributed by atoms with Gasteiger partial charge >= 0.3 is 0 Å². The lowest BCUT2D eigenvalue weighted by Crippen LogP contribution is -2.49. The molecule has 30 heavy (non-hydrogen) atoms. The van der Waals surface area contributed by atoms with Crippen molar-refractivity contribution in [2.24, 2.45) is 4.99 Å². The molecule has 0 saturated carbocycles. The highest BCUT2D eigenvalue weighted by Crippen LogP contribution is 2.24. The van der Waals surface area contributed by atoms with Crippen LogP contribution in [-0.2, 0) is 11.8 Å². The Balaban J connectivity index is 0.00000320. The Morgan fingerprint density at radius 3 is 2.57 bits per heavy atom. The van der Waals surface area contributed by atoms with Crippen molar-refractivity contribution >= 4 is 47.1 Å². The molecule has 0 radical (unpaired) electrons. The topological polar surface area (TPSA) is 65.4 Å². The smallest absolute Gasteiger partial charge is 0.191 e. The number of aliphatic imine (C=N–C) groups is 1. The van der Waals surface area contributed by atoms with Crippen molar-refractivity contribution in [3.8, 4) is 0 Å². The lowest BCUT2D eigenvalue weighted by Gasteiger charge is -2.34. The van der Waals surface area contributed by atoms with Crippen LogP contribution in [0.15, 0.2) is 28.6 Å². The molecule has 166 valence electrons. The number of hydrogen-bond acceptors (Lipinski definition) is 5. The normalized spacial score (nSPS) is 15.6. The molecule has 2 aromatic heterocycles. The lowest BCUT2D eigenvalue weighted by molar-refractivity contribution is 0.459. The van der Waals surface area contributed by atoms with Crippen LogP contribution in [0.25, 0.3) is 0 Å². The maximum atomic E-state index is 4.77. The van der Waals surface area contributed by atoms with E-state index in [4.69, 9.17) is 4.98 Å². The number of piperidine rings is 1. The first-order valence-corrected chi connectivity index (χ1v) is 11.3. The Morgan fingerprint density at radius 2 is 1.97 bits per heavy atom. The van der Waals surface area contributed by atoms with Crippen molar-refractivity contribution in [2.75, 3.05) is 31.6 Å². The van der Waals surface area contributed by atoms with Crippen molar-refractivity contribution in [3.63, 3.8) is 0 Å². The number of guanidine groups is 1. The first kappa shape index (κ1) is 24.8. The first-order chi connectivity index (χ1) is 13.8. The summed E-state index contributed by atoms with van der Waals surface area (Å²) in [5, 5.41) is 10.4. The highest BCUT2D eigenvalue weighted by Gasteiger charge is 2.21. The molecule has 1 aliphatic rings. The summed E-state index contributed by atoms with van der Waals surface area (Å²) in [7, 11) is 1.84. The minimum Gasteiger partial charge on any atom is -0.356 e. The second-order valence-corrected chi connectivity index (χ2v) is 9.61. The molecule has 2 N–H and O–H groups in total. The van der Waals surface area contributed by atoms with E-state index in [0.717, 1.165) is 56.4 Å². The monoisotopic (exact) mass is 542 g/mol. The zero-order valence-electron chi connectivity index (χ0n) is 18.7. The first-order valence-electron chi connectivity index (χ1n) is 10.5. The largest absolute Gasteiger partial charge is 0.356 e. The van der Waals surface area contributed by atoms with Crippen molar-refractivity contribution in [3.05, 3.63) is 40.0 Å². The molecule has 0 spiro atoms. The van der Waals surface area contributed by atoms with Crippen LogP contribution < -0.4 is 15.5 Å². The summed E-state index contributed by atoms with van der Waals surface area (Å²) in [6.45, 7) is 11.5. The molecule has 0 aromatic carbocycles. The molecule has 6 nitrogen and oxygen atoms in total. The van der Waals surface area contributed by atoms with Gasteiger partial charge in [0.05, 0.1) is 10.7 Å². The molecule has 0 aliphatic carbocycles. The van der Waals surface area contributed by atoms with Gasteiger partial charge in [-0.25, -0.2) is 9.97 Å². The maximum Gasteiger partial charge on any atom is 0.191 e. The van der Waals surface area contributed by atoms with Crippen molar-refractivity contribution < 1.29 is 0 Å². The summed E-state index contributed by atoms with van der Waals surface area (Å²) in [6.07, 6.45) is 3.08. The van der Waals surface area contributed by atoms with Gasteiger partial charge in [0.2, 0.25) is 0 Å². The Bertz CT molecular complexity index is 821. The molecule has 0 amide bonds. The van der Waals surface area contributed by atoms with E-state index >= 15 is 0 Å². The van der Waals surface area contributed by atoms with Crippen LogP contribution in [0.2, 0.25) is 0 Å². The van der Waals surface area contributed by atoms with E-state index in [9.17, 15) is 0 Å². The number of nitrogens with one attached hydrogen (secondary N) is 2. The number of rotatable bonds is 5. The van der Waals surface area contributed by atoms with E-state index < -0.39 is 0 Å². The third kappa shape index (κ3) is 7.08. The quantitative estimate of drug-likeness (QED) is 0.338. The molecular formula is C22H35IN6S. The van der Waals surface area contributed by atoms with Gasteiger partial charge in [-0.15, -0.1) is 35.3 Å². The summed E-state index contributed by atoms with van der Waals surface area (Å²) < 4.78 is 0. The van der Waals surface area contributed by atoms with Crippen LogP contribution in [0.3, 0.4) is 0 Å². The van der Waals surface area contributed by atoms with Gasteiger partial charge in [0.25, 0.3) is 0 Å². The maximum absolute atomic E-state index is 4.77. The van der Waals surface area contributed by atoms with E-state index in [2.05, 4.69) is 63.8 Å². The second-order valence-electron chi connectivity index (χ2n) is 8.67. The lowest BCUT2D eigenvalue weighted by atomic mass is 9.93. The van der Waals surface area contributed by atoms with Gasteiger partial charge in [0.1, 0.15) is 5.82 Å².